The average molecular weight is 184 g/mol. The van der Waals surface area contributed by atoms with E-state index in [1.807, 2.05) is 0 Å². The average Bonchev–Trinajstić information content (AvgIpc) is 2.57. The Balaban J connectivity index is 2.19. The van der Waals surface area contributed by atoms with Gasteiger partial charge in [-0.3, -0.25) is 9.69 Å². The molecule has 1 amide bonds. The summed E-state index contributed by atoms with van der Waals surface area (Å²) in [7, 11) is 0. The Bertz CT molecular complexity index is 220. The number of nitrogens with one attached hydrogen (secondary N) is 1. The number of fused-ring (bicyclic) bond motifs is 1. The molecule has 2 heterocycles. The van der Waals surface area contributed by atoms with Gasteiger partial charge in [-0.25, -0.2) is 0 Å². The van der Waals surface area contributed by atoms with E-state index in [0.29, 0.717) is 25.3 Å². The minimum atomic E-state index is -0.0556. The van der Waals surface area contributed by atoms with Gasteiger partial charge in [0.05, 0.1) is 6.61 Å². The maximum atomic E-state index is 11.6. The number of carbonyl (C=O) groups is 1. The molecule has 2 rings (SSSR count). The first-order valence-electron chi connectivity index (χ1n) is 4.81. The fraction of sp³-hybridized carbons (Fsp3) is 0.889. The lowest BCUT2D eigenvalue weighted by Gasteiger charge is -2.27. The number of hydrogen-bond acceptors (Lipinski definition) is 3. The molecule has 2 fully saturated rings. The fourth-order valence-corrected chi connectivity index (χ4v) is 1.96. The standard InChI is InChI=1S/C9H16N2O2/c1-6-3-10-9(12)8-4-13-5-11(8)7(6)2/h6-8H,3-5H2,1-2H3,(H,10,12)/t6-,7-,8+/m1/s1. The highest BCUT2D eigenvalue weighted by Crippen LogP contribution is 2.21. The van der Waals surface area contributed by atoms with Crippen LogP contribution in [0.1, 0.15) is 13.8 Å². The zero-order valence-corrected chi connectivity index (χ0v) is 8.12. The van der Waals surface area contributed by atoms with Gasteiger partial charge >= 0.3 is 0 Å². The Morgan fingerprint density at radius 2 is 2.31 bits per heavy atom. The van der Waals surface area contributed by atoms with Gasteiger partial charge in [-0.05, 0) is 12.8 Å². The van der Waals surface area contributed by atoms with Crippen molar-refractivity contribution in [3.8, 4) is 0 Å². The number of hydrogen-bond donors (Lipinski definition) is 1. The maximum Gasteiger partial charge on any atom is 0.239 e. The molecule has 0 radical (unpaired) electrons. The molecule has 0 spiro atoms. The van der Waals surface area contributed by atoms with Crippen LogP contribution in [-0.2, 0) is 9.53 Å². The van der Waals surface area contributed by atoms with Crippen molar-refractivity contribution in [2.45, 2.75) is 25.9 Å². The predicted molar refractivity (Wildman–Crippen MR) is 48.1 cm³/mol. The number of ether oxygens (including phenoxy) is 1. The number of nitrogens with zero attached hydrogens (tertiary/aromatic N) is 1. The molecule has 1 N–H and O–H groups in total. The van der Waals surface area contributed by atoms with Crippen molar-refractivity contribution < 1.29 is 9.53 Å². The smallest absolute Gasteiger partial charge is 0.239 e. The molecule has 0 aromatic rings. The highest BCUT2D eigenvalue weighted by Gasteiger charge is 2.38. The minimum absolute atomic E-state index is 0.0556. The van der Waals surface area contributed by atoms with Gasteiger partial charge in [0.1, 0.15) is 12.8 Å². The molecule has 0 aliphatic carbocycles. The molecule has 2 aliphatic rings. The quantitative estimate of drug-likeness (QED) is 0.567. The van der Waals surface area contributed by atoms with Crippen LogP contribution in [0.4, 0.5) is 0 Å². The first-order valence-corrected chi connectivity index (χ1v) is 4.81. The molecule has 3 atom stereocenters. The lowest BCUT2D eigenvalue weighted by Crippen LogP contribution is -2.44. The van der Waals surface area contributed by atoms with E-state index in [-0.39, 0.29) is 11.9 Å². The van der Waals surface area contributed by atoms with E-state index in [2.05, 4.69) is 24.1 Å². The van der Waals surface area contributed by atoms with Crippen LogP contribution in [0.5, 0.6) is 0 Å². The van der Waals surface area contributed by atoms with Gasteiger partial charge in [-0.15, -0.1) is 0 Å². The summed E-state index contributed by atoms with van der Waals surface area (Å²) in [5.74, 6) is 0.615. The summed E-state index contributed by atoms with van der Waals surface area (Å²) >= 11 is 0. The molecule has 0 saturated carbocycles. The highest BCUT2D eigenvalue weighted by molar-refractivity contribution is 5.82. The molecule has 13 heavy (non-hydrogen) atoms. The van der Waals surface area contributed by atoms with E-state index in [9.17, 15) is 4.79 Å². The number of carbonyl (C=O) groups excluding carboxylic acids is 1. The SMILES string of the molecule is C[C@@H]1CNC(=O)[C@@H]2COCN2[C@@H]1C. The second-order valence-electron chi connectivity index (χ2n) is 3.99. The maximum absolute atomic E-state index is 11.6. The van der Waals surface area contributed by atoms with Gasteiger partial charge in [-0.2, -0.15) is 0 Å². The second-order valence-corrected chi connectivity index (χ2v) is 3.99. The van der Waals surface area contributed by atoms with Crippen molar-refractivity contribution >= 4 is 5.91 Å². The van der Waals surface area contributed by atoms with E-state index in [0.717, 1.165) is 6.54 Å². The molecule has 2 aliphatic heterocycles. The Morgan fingerprint density at radius 3 is 3.08 bits per heavy atom. The summed E-state index contributed by atoms with van der Waals surface area (Å²) in [6.45, 7) is 6.25. The summed E-state index contributed by atoms with van der Waals surface area (Å²) < 4.78 is 5.30. The van der Waals surface area contributed by atoms with Crippen molar-refractivity contribution in [3.05, 3.63) is 0 Å². The summed E-state index contributed by atoms with van der Waals surface area (Å²) in [4.78, 5) is 13.7. The first-order chi connectivity index (χ1) is 6.20. The van der Waals surface area contributed by atoms with Gasteiger partial charge in [0.2, 0.25) is 5.91 Å². The normalized spacial score (nSPS) is 41.1. The van der Waals surface area contributed by atoms with Crippen molar-refractivity contribution in [1.82, 2.24) is 10.2 Å². The van der Waals surface area contributed by atoms with Gasteiger partial charge in [0.25, 0.3) is 0 Å². The fourth-order valence-electron chi connectivity index (χ4n) is 1.96. The molecule has 0 aromatic heterocycles. The summed E-state index contributed by atoms with van der Waals surface area (Å²) in [6, 6.07) is 0.367. The van der Waals surface area contributed by atoms with E-state index in [4.69, 9.17) is 4.74 Å². The minimum Gasteiger partial charge on any atom is -0.364 e. The van der Waals surface area contributed by atoms with Crippen molar-refractivity contribution in [2.75, 3.05) is 19.9 Å². The molecule has 0 unspecified atom stereocenters. The number of rotatable bonds is 0. The monoisotopic (exact) mass is 184 g/mol. The van der Waals surface area contributed by atoms with E-state index in [1.165, 1.54) is 0 Å². The topological polar surface area (TPSA) is 41.6 Å². The van der Waals surface area contributed by atoms with Crippen LogP contribution in [0, 0.1) is 5.92 Å². The third-order valence-corrected chi connectivity index (χ3v) is 3.16. The van der Waals surface area contributed by atoms with Crippen molar-refractivity contribution in [1.29, 1.82) is 0 Å². The summed E-state index contributed by atoms with van der Waals surface area (Å²) in [5, 5.41) is 2.94. The molecule has 74 valence electrons. The first kappa shape index (κ1) is 8.97. The Morgan fingerprint density at radius 1 is 1.54 bits per heavy atom. The molecule has 2 saturated heterocycles. The van der Waals surface area contributed by atoms with E-state index in [1.54, 1.807) is 0 Å². The Hall–Kier alpha value is -0.610. The van der Waals surface area contributed by atoms with Gasteiger partial charge in [0, 0.05) is 12.6 Å². The van der Waals surface area contributed by atoms with Gasteiger partial charge < -0.3 is 10.1 Å². The van der Waals surface area contributed by atoms with Crippen LogP contribution in [-0.4, -0.2) is 42.8 Å². The van der Waals surface area contributed by atoms with E-state index < -0.39 is 0 Å². The third-order valence-electron chi connectivity index (χ3n) is 3.16. The van der Waals surface area contributed by atoms with Gasteiger partial charge in [0.15, 0.2) is 0 Å². The second kappa shape index (κ2) is 3.27. The zero-order valence-electron chi connectivity index (χ0n) is 8.12. The summed E-state index contributed by atoms with van der Waals surface area (Å²) in [6.07, 6.45) is 0. The van der Waals surface area contributed by atoms with E-state index >= 15 is 0 Å². The third kappa shape index (κ3) is 1.44. The van der Waals surface area contributed by atoms with Crippen LogP contribution in [0.2, 0.25) is 0 Å². The molecule has 4 heteroatoms. The van der Waals surface area contributed by atoms with Crippen molar-refractivity contribution in [2.24, 2.45) is 5.92 Å². The predicted octanol–water partition coefficient (Wildman–Crippen LogP) is -0.201. The van der Waals surface area contributed by atoms with Crippen LogP contribution in [0.25, 0.3) is 0 Å². The highest BCUT2D eigenvalue weighted by atomic mass is 16.5. The van der Waals surface area contributed by atoms with Crippen LogP contribution >= 0.6 is 0 Å². The Labute approximate surface area is 78.2 Å². The molecule has 4 nitrogen and oxygen atoms in total. The molecule has 0 aromatic carbocycles. The Kier molecular flexibility index (Phi) is 2.26. The summed E-state index contributed by atoms with van der Waals surface area (Å²) in [5.41, 5.74) is 0. The van der Waals surface area contributed by atoms with Crippen LogP contribution < -0.4 is 5.32 Å². The lowest BCUT2D eigenvalue weighted by molar-refractivity contribution is -0.124. The largest absolute Gasteiger partial charge is 0.364 e. The van der Waals surface area contributed by atoms with Crippen molar-refractivity contribution in [3.63, 3.8) is 0 Å². The molecule has 0 bridgehead atoms. The van der Waals surface area contributed by atoms with Crippen LogP contribution in [0.15, 0.2) is 0 Å². The molecular formula is C9H16N2O2. The molecular weight excluding hydrogens is 168 g/mol. The van der Waals surface area contributed by atoms with Gasteiger partial charge in [-0.1, -0.05) is 6.92 Å². The number of amides is 1. The lowest BCUT2D eigenvalue weighted by atomic mass is 10.0. The van der Waals surface area contributed by atoms with Crippen LogP contribution in [0.3, 0.4) is 0 Å². The zero-order chi connectivity index (χ0) is 9.42.